The van der Waals surface area contributed by atoms with Crippen LogP contribution in [0.3, 0.4) is 0 Å². The highest BCUT2D eigenvalue weighted by Gasteiger charge is 2.54. The third-order valence-electron chi connectivity index (χ3n) is 5.95. The van der Waals surface area contributed by atoms with Crippen LogP contribution in [0, 0.1) is 0 Å². The summed E-state index contributed by atoms with van der Waals surface area (Å²) in [4.78, 5) is 42.1. The van der Waals surface area contributed by atoms with Crippen LogP contribution in [-0.4, -0.2) is 74.1 Å². The molecule has 0 aromatic heterocycles. The number of halogens is 1. The number of carbonyl (C=O) groups excluding carboxylic acids is 3. The van der Waals surface area contributed by atoms with E-state index in [2.05, 4.69) is 0 Å². The minimum atomic E-state index is -1.30. The quantitative estimate of drug-likeness (QED) is 0.585. The fourth-order valence-corrected chi connectivity index (χ4v) is 4.57. The van der Waals surface area contributed by atoms with Crippen LogP contribution in [0.5, 0.6) is 0 Å². The second kappa shape index (κ2) is 9.90. The van der Waals surface area contributed by atoms with Crippen molar-refractivity contribution in [3.8, 4) is 0 Å². The summed E-state index contributed by atoms with van der Waals surface area (Å²) in [5.74, 6) is -0.921. The maximum absolute atomic E-state index is 13.4. The molecule has 0 radical (unpaired) electrons. The first kappa shape index (κ1) is 22.7. The summed E-state index contributed by atoms with van der Waals surface area (Å²) >= 11 is 6.43. The molecular weight excluding hydrogens is 408 g/mol. The van der Waals surface area contributed by atoms with Crippen molar-refractivity contribution in [2.24, 2.45) is 0 Å². The van der Waals surface area contributed by atoms with Crippen molar-refractivity contribution in [2.45, 2.75) is 43.6 Å². The van der Waals surface area contributed by atoms with Gasteiger partial charge < -0.3 is 14.4 Å². The Hall–Kier alpha value is -1.96. The Morgan fingerprint density at radius 2 is 2.10 bits per heavy atom. The fourth-order valence-electron chi connectivity index (χ4n) is 4.25. The van der Waals surface area contributed by atoms with Gasteiger partial charge in [0.15, 0.2) is 0 Å². The van der Waals surface area contributed by atoms with Crippen molar-refractivity contribution in [1.82, 2.24) is 9.80 Å². The smallest absolute Gasteiger partial charge is 0.241 e. The second-order valence-corrected chi connectivity index (χ2v) is 8.43. The highest BCUT2D eigenvalue weighted by Crippen LogP contribution is 2.43. The lowest BCUT2D eigenvalue weighted by Gasteiger charge is -2.32. The Labute approximate surface area is 182 Å². The normalized spacial score (nSPS) is 24.4. The number of hydrogen-bond donors (Lipinski definition) is 0. The van der Waals surface area contributed by atoms with Gasteiger partial charge in [0.05, 0.1) is 24.7 Å². The van der Waals surface area contributed by atoms with Crippen LogP contribution in [0.2, 0.25) is 5.02 Å². The predicted molar refractivity (Wildman–Crippen MR) is 112 cm³/mol. The topological polar surface area (TPSA) is 76.2 Å². The average Bonchev–Trinajstić information content (AvgIpc) is 2.97. The molecule has 2 fully saturated rings. The number of nitrogens with zero attached hydrogens (tertiary/aromatic N) is 2. The van der Waals surface area contributed by atoms with E-state index in [4.69, 9.17) is 21.1 Å². The second-order valence-electron chi connectivity index (χ2n) is 8.02. The molecule has 0 saturated carbocycles. The minimum absolute atomic E-state index is 0.00285. The van der Waals surface area contributed by atoms with Gasteiger partial charge in [-0.15, -0.1) is 0 Å². The van der Waals surface area contributed by atoms with Crippen molar-refractivity contribution in [1.29, 1.82) is 0 Å². The predicted octanol–water partition coefficient (Wildman–Crippen LogP) is 2.40. The lowest BCUT2D eigenvalue weighted by molar-refractivity contribution is -0.143. The Balaban J connectivity index is 1.85. The lowest BCUT2D eigenvalue weighted by atomic mass is 9.75. The zero-order valence-corrected chi connectivity index (χ0v) is 18.3. The highest BCUT2D eigenvalue weighted by molar-refractivity contribution is 6.32. The zero-order valence-electron chi connectivity index (χ0n) is 17.6. The van der Waals surface area contributed by atoms with E-state index in [0.29, 0.717) is 23.7 Å². The van der Waals surface area contributed by atoms with E-state index in [1.54, 1.807) is 36.2 Å². The van der Waals surface area contributed by atoms with Crippen LogP contribution < -0.4 is 0 Å². The Kier molecular flexibility index (Phi) is 7.50. The average molecular weight is 437 g/mol. The van der Waals surface area contributed by atoms with Gasteiger partial charge in [-0.25, -0.2) is 0 Å². The molecule has 1 aromatic rings. The standard InChI is InChI=1S/C22H29ClN2O5/c1-24(15-16-7-5-6-11-30-16)19(26)13-22(17-8-3-4-9-18(17)23)14-20(27)25(21(22)28)10-12-29-2/h3-4,8-9,16H,5-7,10-15H2,1-2H3/t16-,22+/m0/s1. The molecule has 0 N–H and O–H groups in total. The third-order valence-corrected chi connectivity index (χ3v) is 6.28. The molecule has 0 spiro atoms. The number of hydrogen-bond acceptors (Lipinski definition) is 5. The number of likely N-dealkylation sites (N-methyl/N-ethyl adjacent to an activating group) is 1. The molecule has 1 aromatic carbocycles. The number of rotatable bonds is 8. The lowest BCUT2D eigenvalue weighted by Crippen LogP contribution is -2.45. The molecule has 2 aliphatic heterocycles. The first-order valence-corrected chi connectivity index (χ1v) is 10.7. The van der Waals surface area contributed by atoms with Crippen LogP contribution in [0.15, 0.2) is 24.3 Å². The van der Waals surface area contributed by atoms with Crippen molar-refractivity contribution < 1.29 is 23.9 Å². The number of methoxy groups -OCH3 is 1. The molecule has 3 rings (SSSR count). The summed E-state index contributed by atoms with van der Waals surface area (Å²) < 4.78 is 10.8. The first-order chi connectivity index (χ1) is 14.4. The van der Waals surface area contributed by atoms with E-state index in [1.165, 1.54) is 12.0 Å². The molecule has 0 aliphatic carbocycles. The van der Waals surface area contributed by atoms with E-state index < -0.39 is 11.3 Å². The van der Waals surface area contributed by atoms with Crippen LogP contribution >= 0.6 is 11.6 Å². The number of carbonyl (C=O) groups is 3. The number of ether oxygens (including phenoxy) is 2. The molecule has 164 valence electrons. The molecule has 2 heterocycles. The van der Waals surface area contributed by atoms with E-state index >= 15 is 0 Å². The maximum atomic E-state index is 13.4. The number of benzene rings is 1. The van der Waals surface area contributed by atoms with E-state index in [-0.39, 0.29) is 43.9 Å². The van der Waals surface area contributed by atoms with Crippen LogP contribution in [0.25, 0.3) is 0 Å². The number of likely N-dealkylation sites (tertiary alicyclic amines) is 1. The molecule has 7 nitrogen and oxygen atoms in total. The third kappa shape index (κ3) is 4.68. The van der Waals surface area contributed by atoms with Crippen LogP contribution in [0.4, 0.5) is 0 Å². The summed E-state index contributed by atoms with van der Waals surface area (Å²) in [5, 5.41) is 0.373. The summed E-state index contributed by atoms with van der Waals surface area (Å²) in [5.41, 5.74) is -0.789. The number of imide groups is 1. The molecule has 30 heavy (non-hydrogen) atoms. The van der Waals surface area contributed by atoms with Crippen LogP contribution in [0.1, 0.15) is 37.7 Å². The van der Waals surface area contributed by atoms with Gasteiger partial charge in [0.2, 0.25) is 17.7 Å². The van der Waals surface area contributed by atoms with Gasteiger partial charge >= 0.3 is 0 Å². The van der Waals surface area contributed by atoms with Gasteiger partial charge in [-0.1, -0.05) is 29.8 Å². The molecule has 8 heteroatoms. The highest BCUT2D eigenvalue weighted by atomic mass is 35.5. The molecule has 2 aliphatic rings. The monoisotopic (exact) mass is 436 g/mol. The van der Waals surface area contributed by atoms with E-state index in [9.17, 15) is 14.4 Å². The minimum Gasteiger partial charge on any atom is -0.383 e. The van der Waals surface area contributed by atoms with Crippen molar-refractivity contribution >= 4 is 29.3 Å². The van der Waals surface area contributed by atoms with Gasteiger partial charge in [0.1, 0.15) is 0 Å². The van der Waals surface area contributed by atoms with Gasteiger partial charge in [-0.3, -0.25) is 19.3 Å². The van der Waals surface area contributed by atoms with Crippen LogP contribution in [-0.2, 0) is 29.3 Å². The summed E-state index contributed by atoms with van der Waals surface area (Å²) in [6, 6.07) is 6.93. The van der Waals surface area contributed by atoms with Gasteiger partial charge in [-0.2, -0.15) is 0 Å². The molecule has 2 atom stereocenters. The molecular formula is C22H29ClN2O5. The number of amides is 3. The van der Waals surface area contributed by atoms with Crippen molar-refractivity contribution in [2.75, 3.05) is 40.5 Å². The Morgan fingerprint density at radius 3 is 2.77 bits per heavy atom. The Bertz CT molecular complexity index is 795. The largest absolute Gasteiger partial charge is 0.383 e. The van der Waals surface area contributed by atoms with Gasteiger partial charge in [-0.05, 0) is 30.9 Å². The molecule has 2 saturated heterocycles. The fraction of sp³-hybridized carbons (Fsp3) is 0.591. The SMILES string of the molecule is COCCN1C(=O)C[C@](CC(=O)N(C)C[C@@H]2CCCCO2)(c2ccccc2Cl)C1=O. The van der Waals surface area contributed by atoms with E-state index in [1.807, 2.05) is 0 Å². The summed E-state index contributed by atoms with van der Waals surface area (Å²) in [7, 11) is 3.22. The van der Waals surface area contributed by atoms with Crippen molar-refractivity contribution in [3.63, 3.8) is 0 Å². The first-order valence-electron chi connectivity index (χ1n) is 10.3. The van der Waals surface area contributed by atoms with Gasteiger partial charge in [0, 0.05) is 45.2 Å². The summed E-state index contributed by atoms with van der Waals surface area (Å²) in [6.45, 7) is 1.56. The van der Waals surface area contributed by atoms with Gasteiger partial charge in [0.25, 0.3) is 0 Å². The molecule has 0 bridgehead atoms. The zero-order chi connectivity index (χ0) is 21.7. The van der Waals surface area contributed by atoms with E-state index in [0.717, 1.165) is 19.3 Å². The summed E-state index contributed by atoms with van der Waals surface area (Å²) in [6.07, 6.45) is 2.83. The molecule has 0 unspecified atom stereocenters. The Morgan fingerprint density at radius 1 is 1.33 bits per heavy atom. The molecule has 3 amide bonds. The van der Waals surface area contributed by atoms with Crippen molar-refractivity contribution in [3.05, 3.63) is 34.9 Å². The maximum Gasteiger partial charge on any atom is 0.241 e.